The SMILES string of the molecule is CCCCCOC(=O)Nc1ccc(OC(C)(C)CCN2CCN(c3cc(=O)n(C(C)C)c(=O)n3C(C)C)CC2)cc1. The van der Waals surface area contributed by atoms with Crippen LogP contribution in [0.15, 0.2) is 39.9 Å². The highest BCUT2D eigenvalue weighted by atomic mass is 16.5. The zero-order chi connectivity index (χ0) is 30.2. The first-order chi connectivity index (χ1) is 19.4. The summed E-state index contributed by atoms with van der Waals surface area (Å²) in [5.74, 6) is 1.45. The van der Waals surface area contributed by atoms with E-state index in [1.54, 1.807) is 10.6 Å². The van der Waals surface area contributed by atoms with Crippen LogP contribution in [0.1, 0.15) is 86.2 Å². The van der Waals surface area contributed by atoms with E-state index in [1.165, 1.54) is 4.57 Å². The lowest BCUT2D eigenvalue weighted by Gasteiger charge is -2.38. The molecule has 0 unspecified atom stereocenters. The summed E-state index contributed by atoms with van der Waals surface area (Å²) < 4.78 is 14.5. The van der Waals surface area contributed by atoms with Crippen LogP contribution in [0.3, 0.4) is 0 Å². The highest BCUT2D eigenvalue weighted by molar-refractivity contribution is 5.84. The van der Waals surface area contributed by atoms with Crippen molar-refractivity contribution in [2.24, 2.45) is 0 Å². The predicted molar refractivity (Wildman–Crippen MR) is 165 cm³/mol. The lowest BCUT2D eigenvalue weighted by atomic mass is 10.0. The molecule has 1 amide bonds. The van der Waals surface area contributed by atoms with E-state index >= 15 is 0 Å². The van der Waals surface area contributed by atoms with Gasteiger partial charge in [0.05, 0.1) is 6.61 Å². The van der Waals surface area contributed by atoms with Crippen LogP contribution < -0.4 is 26.2 Å². The number of amides is 1. The molecule has 10 heteroatoms. The van der Waals surface area contributed by atoms with Crippen molar-refractivity contribution < 1.29 is 14.3 Å². The number of carbonyl (C=O) groups is 1. The van der Waals surface area contributed by atoms with E-state index in [-0.39, 0.29) is 28.9 Å². The molecule has 1 N–H and O–H groups in total. The number of nitrogens with zero attached hydrogens (tertiary/aromatic N) is 4. The Labute approximate surface area is 244 Å². The van der Waals surface area contributed by atoms with E-state index in [9.17, 15) is 14.4 Å². The first kappa shape index (κ1) is 32.2. The summed E-state index contributed by atoms with van der Waals surface area (Å²) in [6.07, 6.45) is 3.39. The first-order valence-electron chi connectivity index (χ1n) is 15.0. The Kier molecular flexibility index (Phi) is 11.5. The fourth-order valence-electron chi connectivity index (χ4n) is 5.04. The van der Waals surface area contributed by atoms with Crippen LogP contribution in [0.5, 0.6) is 5.75 Å². The average Bonchev–Trinajstić information content (AvgIpc) is 2.90. The Morgan fingerprint density at radius 3 is 2.17 bits per heavy atom. The average molecular weight is 572 g/mol. The van der Waals surface area contributed by atoms with Crippen molar-refractivity contribution in [2.45, 2.75) is 91.8 Å². The summed E-state index contributed by atoms with van der Waals surface area (Å²) in [5.41, 5.74) is -0.212. The number of hydrogen-bond acceptors (Lipinski definition) is 7. The molecule has 1 aliphatic heterocycles. The second-order valence-electron chi connectivity index (χ2n) is 12.0. The van der Waals surface area contributed by atoms with E-state index in [4.69, 9.17) is 9.47 Å². The summed E-state index contributed by atoms with van der Waals surface area (Å²) in [6.45, 7) is 18.4. The molecule has 0 saturated carbocycles. The molecule has 228 valence electrons. The molecule has 2 aromatic rings. The van der Waals surface area contributed by atoms with Crippen LogP contribution >= 0.6 is 0 Å². The topological polar surface area (TPSA) is 98.0 Å². The van der Waals surface area contributed by atoms with Gasteiger partial charge in [0, 0.05) is 56.6 Å². The van der Waals surface area contributed by atoms with Gasteiger partial charge in [-0.25, -0.2) is 9.59 Å². The normalized spacial score (nSPS) is 14.5. The van der Waals surface area contributed by atoms with Crippen molar-refractivity contribution in [2.75, 3.05) is 49.5 Å². The van der Waals surface area contributed by atoms with Crippen molar-refractivity contribution in [3.8, 4) is 5.75 Å². The molecule has 1 aromatic heterocycles. The third kappa shape index (κ3) is 9.11. The molecular formula is C31H49N5O5. The Balaban J connectivity index is 1.51. The molecule has 1 fully saturated rings. The van der Waals surface area contributed by atoms with Gasteiger partial charge in [0.25, 0.3) is 5.56 Å². The first-order valence-corrected chi connectivity index (χ1v) is 15.0. The molecule has 1 aromatic carbocycles. The number of rotatable bonds is 13. The fraction of sp³-hybridized carbons (Fsp3) is 0.645. The number of ether oxygens (including phenoxy) is 2. The maximum absolute atomic E-state index is 13.1. The van der Waals surface area contributed by atoms with Crippen molar-refractivity contribution in [1.82, 2.24) is 14.0 Å². The predicted octanol–water partition coefficient (Wildman–Crippen LogP) is 5.28. The van der Waals surface area contributed by atoms with Crippen LogP contribution in [0.2, 0.25) is 0 Å². The number of piperazine rings is 1. The van der Waals surface area contributed by atoms with E-state index in [1.807, 2.05) is 52.0 Å². The fourth-order valence-corrected chi connectivity index (χ4v) is 5.04. The molecular weight excluding hydrogens is 522 g/mol. The zero-order valence-electron chi connectivity index (χ0n) is 25.9. The van der Waals surface area contributed by atoms with Gasteiger partial charge < -0.3 is 14.4 Å². The molecule has 0 bridgehead atoms. The van der Waals surface area contributed by atoms with Gasteiger partial charge in [-0.2, -0.15) is 0 Å². The van der Waals surface area contributed by atoms with E-state index in [0.717, 1.165) is 64.2 Å². The monoisotopic (exact) mass is 571 g/mol. The minimum absolute atomic E-state index is 0.0479. The molecule has 0 atom stereocenters. The molecule has 1 saturated heterocycles. The molecule has 10 nitrogen and oxygen atoms in total. The largest absolute Gasteiger partial charge is 0.488 e. The van der Waals surface area contributed by atoms with Crippen molar-refractivity contribution in [3.05, 3.63) is 51.2 Å². The van der Waals surface area contributed by atoms with Crippen molar-refractivity contribution in [3.63, 3.8) is 0 Å². The van der Waals surface area contributed by atoms with Crippen molar-refractivity contribution in [1.29, 1.82) is 0 Å². The van der Waals surface area contributed by atoms with Gasteiger partial charge in [-0.3, -0.25) is 24.1 Å². The highest BCUT2D eigenvalue weighted by Crippen LogP contribution is 2.24. The molecule has 0 radical (unpaired) electrons. The van der Waals surface area contributed by atoms with Gasteiger partial charge in [-0.05, 0) is 78.6 Å². The number of carbonyl (C=O) groups excluding carboxylic acids is 1. The maximum Gasteiger partial charge on any atom is 0.411 e. The lowest BCUT2D eigenvalue weighted by molar-refractivity contribution is 0.0820. The van der Waals surface area contributed by atoms with E-state index in [2.05, 4.69) is 35.9 Å². The standard InChI is InChI=1S/C31H49N5O5/c1-8-9-10-21-40-29(38)32-25-11-13-26(14-12-25)41-31(6,7)15-16-33-17-19-34(20-18-33)27-22-28(37)36(24(4)5)30(39)35(27)23(2)3/h11-14,22-24H,8-10,15-21H2,1-7H3,(H,32,38). The Hall–Kier alpha value is -3.27. The van der Waals surface area contributed by atoms with E-state index in [0.29, 0.717) is 18.1 Å². The molecule has 0 spiro atoms. The molecule has 2 heterocycles. The minimum Gasteiger partial charge on any atom is -0.488 e. The number of benzene rings is 1. The van der Waals surface area contributed by atoms with Crippen LogP contribution in [-0.2, 0) is 4.74 Å². The number of aromatic nitrogens is 2. The summed E-state index contributed by atoms with van der Waals surface area (Å²) in [6, 6.07) is 8.72. The third-order valence-corrected chi connectivity index (χ3v) is 7.38. The number of anilines is 2. The quantitative estimate of drug-likeness (QED) is 0.327. The van der Waals surface area contributed by atoms with Gasteiger partial charge in [-0.15, -0.1) is 0 Å². The second kappa shape index (κ2) is 14.6. The number of unbranched alkanes of at least 4 members (excludes halogenated alkanes) is 2. The van der Waals surface area contributed by atoms with Gasteiger partial charge in [0.1, 0.15) is 17.2 Å². The van der Waals surface area contributed by atoms with Crippen LogP contribution in [0, 0.1) is 0 Å². The minimum atomic E-state index is -0.442. The summed E-state index contributed by atoms with van der Waals surface area (Å²) in [7, 11) is 0. The third-order valence-electron chi connectivity index (χ3n) is 7.38. The smallest absolute Gasteiger partial charge is 0.411 e. The van der Waals surface area contributed by atoms with Gasteiger partial charge in [0.2, 0.25) is 0 Å². The Morgan fingerprint density at radius 1 is 0.951 bits per heavy atom. The van der Waals surface area contributed by atoms with E-state index < -0.39 is 6.09 Å². The summed E-state index contributed by atoms with van der Waals surface area (Å²) >= 11 is 0. The Bertz CT molecular complexity index is 1240. The zero-order valence-corrected chi connectivity index (χ0v) is 25.9. The lowest BCUT2D eigenvalue weighted by Crippen LogP contribution is -2.51. The molecule has 1 aliphatic rings. The highest BCUT2D eigenvalue weighted by Gasteiger charge is 2.26. The van der Waals surface area contributed by atoms with Gasteiger partial charge >= 0.3 is 11.8 Å². The van der Waals surface area contributed by atoms with Gasteiger partial charge in [0.15, 0.2) is 0 Å². The maximum atomic E-state index is 13.1. The molecule has 41 heavy (non-hydrogen) atoms. The van der Waals surface area contributed by atoms with Gasteiger partial charge in [-0.1, -0.05) is 19.8 Å². The van der Waals surface area contributed by atoms with Crippen LogP contribution in [0.4, 0.5) is 16.3 Å². The summed E-state index contributed by atoms with van der Waals surface area (Å²) in [5, 5.41) is 2.75. The number of nitrogens with one attached hydrogen (secondary N) is 1. The van der Waals surface area contributed by atoms with Crippen molar-refractivity contribution >= 4 is 17.6 Å². The van der Waals surface area contributed by atoms with Crippen LogP contribution in [-0.4, -0.2) is 65.1 Å². The Morgan fingerprint density at radius 2 is 1.59 bits per heavy atom. The summed E-state index contributed by atoms with van der Waals surface area (Å²) in [4.78, 5) is 42.4. The second-order valence-corrected chi connectivity index (χ2v) is 12.0. The number of hydrogen-bond donors (Lipinski definition) is 1. The molecule has 0 aliphatic carbocycles. The van der Waals surface area contributed by atoms with Crippen LogP contribution in [0.25, 0.3) is 0 Å². The molecule has 3 rings (SSSR count).